The third-order valence-corrected chi connectivity index (χ3v) is 2.40. The Hall–Kier alpha value is -1.62. The smallest absolute Gasteiger partial charge is 0.237 e. The molecule has 16 heavy (non-hydrogen) atoms. The lowest BCUT2D eigenvalue weighted by molar-refractivity contribution is -0.123. The highest BCUT2D eigenvalue weighted by Gasteiger charge is 2.24. The first-order valence-corrected chi connectivity index (χ1v) is 5.03. The van der Waals surface area contributed by atoms with Gasteiger partial charge in [-0.25, -0.2) is 0 Å². The van der Waals surface area contributed by atoms with Crippen LogP contribution in [0.4, 0.5) is 0 Å². The normalized spacial score (nSPS) is 11.4. The van der Waals surface area contributed by atoms with Gasteiger partial charge in [-0.05, 0) is 32.9 Å². The minimum atomic E-state index is -0.822. The van der Waals surface area contributed by atoms with Crippen molar-refractivity contribution in [2.45, 2.75) is 32.9 Å². The number of aryl methyl sites for hydroxylation is 1. The van der Waals surface area contributed by atoms with E-state index < -0.39 is 11.4 Å². The van der Waals surface area contributed by atoms with Crippen molar-refractivity contribution >= 4 is 5.91 Å². The molecule has 1 amide bonds. The molecule has 1 aromatic heterocycles. The summed E-state index contributed by atoms with van der Waals surface area (Å²) < 4.78 is 0. The molecular weight excluding hydrogens is 206 g/mol. The number of rotatable bonds is 4. The Morgan fingerprint density at radius 1 is 1.56 bits per heavy atom. The molecule has 0 aliphatic rings. The average molecular weight is 223 g/mol. The molecule has 4 N–H and O–H groups in total. The second-order valence-corrected chi connectivity index (χ2v) is 4.26. The van der Waals surface area contributed by atoms with Gasteiger partial charge in [0, 0.05) is 12.2 Å². The number of hydrogen-bond acceptors (Lipinski definition) is 4. The summed E-state index contributed by atoms with van der Waals surface area (Å²) in [5, 5.41) is 12.5. The molecule has 0 spiro atoms. The lowest BCUT2D eigenvalue weighted by Gasteiger charge is -2.22. The topological polar surface area (TPSA) is 88.2 Å². The second-order valence-electron chi connectivity index (χ2n) is 4.26. The summed E-state index contributed by atoms with van der Waals surface area (Å²) in [6.07, 6.45) is 0. The summed E-state index contributed by atoms with van der Waals surface area (Å²) in [5.41, 5.74) is 5.72. The minimum Gasteiger partial charge on any atom is -0.506 e. The number of aromatic nitrogens is 1. The monoisotopic (exact) mass is 223 g/mol. The molecule has 0 saturated heterocycles. The zero-order chi connectivity index (χ0) is 12.3. The van der Waals surface area contributed by atoms with Gasteiger partial charge in [0.25, 0.3) is 0 Å². The van der Waals surface area contributed by atoms with Gasteiger partial charge >= 0.3 is 0 Å². The van der Waals surface area contributed by atoms with Gasteiger partial charge in [-0.3, -0.25) is 15.1 Å². The summed E-state index contributed by atoms with van der Waals surface area (Å²) in [6.45, 7) is 5.50. The fraction of sp³-hybridized carbons (Fsp3) is 0.455. The van der Waals surface area contributed by atoms with Crippen molar-refractivity contribution in [3.63, 3.8) is 0 Å². The van der Waals surface area contributed by atoms with Crippen molar-refractivity contribution in [3.05, 3.63) is 23.5 Å². The number of carbonyl (C=O) groups is 1. The fourth-order valence-corrected chi connectivity index (χ4v) is 1.13. The van der Waals surface area contributed by atoms with E-state index >= 15 is 0 Å². The molecule has 0 atom stereocenters. The Morgan fingerprint density at radius 2 is 2.19 bits per heavy atom. The quantitative estimate of drug-likeness (QED) is 0.691. The maximum Gasteiger partial charge on any atom is 0.237 e. The maximum atomic E-state index is 11.1. The van der Waals surface area contributed by atoms with Crippen LogP contribution in [0, 0.1) is 6.92 Å². The van der Waals surface area contributed by atoms with Crippen LogP contribution < -0.4 is 11.1 Å². The van der Waals surface area contributed by atoms with Crippen molar-refractivity contribution in [2.24, 2.45) is 5.73 Å². The first-order valence-electron chi connectivity index (χ1n) is 5.03. The van der Waals surface area contributed by atoms with Gasteiger partial charge in [0.05, 0.1) is 11.2 Å². The number of hydrogen-bond donors (Lipinski definition) is 3. The van der Waals surface area contributed by atoms with Crippen LogP contribution in [0.3, 0.4) is 0 Å². The SMILES string of the molecule is Cc1ccc(O)c(CNC(C)(C)C(N)=O)n1. The molecule has 0 saturated carbocycles. The predicted octanol–water partition coefficient (Wildman–Crippen LogP) is 0.449. The summed E-state index contributed by atoms with van der Waals surface area (Å²) in [5.74, 6) is -0.335. The molecule has 1 rings (SSSR count). The number of aromatic hydroxyl groups is 1. The zero-order valence-corrected chi connectivity index (χ0v) is 9.74. The summed E-state index contributed by atoms with van der Waals surface area (Å²) in [4.78, 5) is 15.2. The summed E-state index contributed by atoms with van der Waals surface area (Å²) in [7, 11) is 0. The molecule has 0 unspecified atom stereocenters. The number of nitrogens with two attached hydrogens (primary N) is 1. The van der Waals surface area contributed by atoms with Gasteiger partial charge in [0.15, 0.2) is 0 Å². The maximum absolute atomic E-state index is 11.1. The first-order chi connectivity index (χ1) is 7.33. The van der Waals surface area contributed by atoms with E-state index in [1.165, 1.54) is 0 Å². The molecule has 0 aromatic carbocycles. The Kier molecular flexibility index (Phi) is 3.49. The van der Waals surface area contributed by atoms with E-state index in [1.54, 1.807) is 26.0 Å². The van der Waals surface area contributed by atoms with E-state index in [-0.39, 0.29) is 5.75 Å². The van der Waals surface area contributed by atoms with Crippen LogP contribution in [-0.2, 0) is 11.3 Å². The Morgan fingerprint density at radius 3 is 2.75 bits per heavy atom. The van der Waals surface area contributed by atoms with Crippen molar-refractivity contribution in [1.82, 2.24) is 10.3 Å². The minimum absolute atomic E-state index is 0.110. The Labute approximate surface area is 94.7 Å². The molecule has 0 aliphatic carbocycles. The molecule has 0 bridgehead atoms. The molecule has 88 valence electrons. The molecule has 0 aliphatic heterocycles. The van der Waals surface area contributed by atoms with Gasteiger partial charge in [0.1, 0.15) is 5.75 Å². The van der Waals surface area contributed by atoms with Crippen LogP contribution in [0.15, 0.2) is 12.1 Å². The lowest BCUT2D eigenvalue weighted by Crippen LogP contribution is -2.50. The number of nitrogens with zero attached hydrogens (tertiary/aromatic N) is 1. The molecule has 0 radical (unpaired) electrons. The van der Waals surface area contributed by atoms with Gasteiger partial charge in [-0.15, -0.1) is 0 Å². The van der Waals surface area contributed by atoms with E-state index in [0.717, 1.165) is 5.69 Å². The Balaban J connectivity index is 2.75. The van der Waals surface area contributed by atoms with Crippen LogP contribution in [0.2, 0.25) is 0 Å². The third kappa shape index (κ3) is 2.93. The van der Waals surface area contributed by atoms with Crippen LogP contribution in [0.25, 0.3) is 0 Å². The highest BCUT2D eigenvalue weighted by Crippen LogP contribution is 2.15. The van der Waals surface area contributed by atoms with Gasteiger partial charge in [0.2, 0.25) is 5.91 Å². The van der Waals surface area contributed by atoms with Crippen molar-refractivity contribution in [3.8, 4) is 5.75 Å². The summed E-state index contributed by atoms with van der Waals surface area (Å²) in [6, 6.07) is 3.30. The molecule has 1 heterocycles. The predicted molar refractivity (Wildman–Crippen MR) is 60.8 cm³/mol. The van der Waals surface area contributed by atoms with Gasteiger partial charge in [-0.2, -0.15) is 0 Å². The largest absolute Gasteiger partial charge is 0.506 e. The number of nitrogens with one attached hydrogen (secondary N) is 1. The number of primary amides is 1. The molecular formula is C11H17N3O2. The van der Waals surface area contributed by atoms with E-state index in [9.17, 15) is 9.90 Å². The Bertz CT molecular complexity index is 402. The summed E-state index contributed by atoms with van der Waals surface area (Å²) >= 11 is 0. The molecule has 5 heteroatoms. The number of amides is 1. The number of carbonyl (C=O) groups excluding carboxylic acids is 1. The van der Waals surface area contributed by atoms with Crippen molar-refractivity contribution in [1.29, 1.82) is 0 Å². The highest BCUT2D eigenvalue weighted by atomic mass is 16.3. The standard InChI is InChI=1S/C11H17N3O2/c1-7-4-5-9(15)8(14-7)6-13-11(2,3)10(12)16/h4-5,13,15H,6H2,1-3H3,(H2,12,16). The lowest BCUT2D eigenvalue weighted by atomic mass is 10.1. The molecule has 5 nitrogen and oxygen atoms in total. The van der Waals surface area contributed by atoms with E-state index in [2.05, 4.69) is 10.3 Å². The van der Waals surface area contributed by atoms with Crippen LogP contribution >= 0.6 is 0 Å². The number of pyridine rings is 1. The fourth-order valence-electron chi connectivity index (χ4n) is 1.13. The van der Waals surface area contributed by atoms with Crippen molar-refractivity contribution in [2.75, 3.05) is 0 Å². The van der Waals surface area contributed by atoms with Crippen molar-refractivity contribution < 1.29 is 9.90 Å². The van der Waals surface area contributed by atoms with Crippen LogP contribution in [0.5, 0.6) is 5.75 Å². The van der Waals surface area contributed by atoms with Crippen LogP contribution in [-0.4, -0.2) is 21.5 Å². The average Bonchev–Trinajstić information content (AvgIpc) is 2.19. The molecule has 0 fully saturated rings. The van der Waals surface area contributed by atoms with Gasteiger partial charge < -0.3 is 10.8 Å². The highest BCUT2D eigenvalue weighted by molar-refractivity contribution is 5.83. The third-order valence-electron chi connectivity index (χ3n) is 2.40. The molecule has 1 aromatic rings. The van der Waals surface area contributed by atoms with Gasteiger partial charge in [-0.1, -0.05) is 0 Å². The zero-order valence-electron chi connectivity index (χ0n) is 9.74. The van der Waals surface area contributed by atoms with E-state index in [4.69, 9.17) is 5.73 Å². The first kappa shape index (κ1) is 12.4. The van der Waals surface area contributed by atoms with E-state index in [0.29, 0.717) is 12.2 Å². The van der Waals surface area contributed by atoms with Crippen LogP contribution in [0.1, 0.15) is 25.2 Å². The second kappa shape index (κ2) is 4.49. The van der Waals surface area contributed by atoms with E-state index in [1.807, 2.05) is 6.92 Å².